The van der Waals surface area contributed by atoms with Crippen LogP contribution < -0.4 is 19.7 Å². The molecule has 138 valence electrons. The standard InChI is InChI=1S/C21H26N2O3/c1-4-26-20-14-16(7-10-19(20)25-3)21(24)22-18-9-8-17(13-15(18)2)23-11-5-6-12-23/h7-10,13-14H,4-6,11-12H2,1-3H3,(H,22,24). The number of rotatable bonds is 6. The van der Waals surface area contributed by atoms with Crippen LogP contribution in [0.15, 0.2) is 36.4 Å². The lowest BCUT2D eigenvalue weighted by atomic mass is 10.1. The van der Waals surface area contributed by atoms with Crippen LogP contribution in [0.3, 0.4) is 0 Å². The molecule has 1 aliphatic heterocycles. The third-order valence-corrected chi connectivity index (χ3v) is 4.66. The fraction of sp³-hybridized carbons (Fsp3) is 0.381. The number of ether oxygens (including phenoxy) is 2. The fourth-order valence-electron chi connectivity index (χ4n) is 3.24. The van der Waals surface area contributed by atoms with E-state index >= 15 is 0 Å². The average molecular weight is 354 g/mol. The molecule has 0 saturated carbocycles. The minimum absolute atomic E-state index is 0.161. The summed E-state index contributed by atoms with van der Waals surface area (Å²) in [7, 11) is 1.59. The first-order chi connectivity index (χ1) is 12.6. The Labute approximate surface area is 154 Å². The number of carbonyl (C=O) groups excluding carboxylic acids is 1. The van der Waals surface area contributed by atoms with Crippen molar-refractivity contribution in [2.75, 3.05) is 37.0 Å². The molecular weight excluding hydrogens is 328 g/mol. The summed E-state index contributed by atoms with van der Waals surface area (Å²) in [6.07, 6.45) is 2.49. The largest absolute Gasteiger partial charge is 0.493 e. The van der Waals surface area contributed by atoms with E-state index in [0.29, 0.717) is 23.7 Å². The zero-order valence-corrected chi connectivity index (χ0v) is 15.7. The molecule has 1 saturated heterocycles. The Balaban J connectivity index is 1.76. The van der Waals surface area contributed by atoms with Crippen LogP contribution >= 0.6 is 0 Å². The number of anilines is 2. The summed E-state index contributed by atoms with van der Waals surface area (Å²) in [4.78, 5) is 15.0. The van der Waals surface area contributed by atoms with E-state index < -0.39 is 0 Å². The van der Waals surface area contributed by atoms with Gasteiger partial charge in [0.05, 0.1) is 13.7 Å². The van der Waals surface area contributed by atoms with Crippen LogP contribution in [0.1, 0.15) is 35.7 Å². The van der Waals surface area contributed by atoms with E-state index in [9.17, 15) is 4.79 Å². The molecule has 0 bridgehead atoms. The molecule has 3 rings (SSSR count). The topological polar surface area (TPSA) is 50.8 Å². The predicted molar refractivity (Wildman–Crippen MR) is 105 cm³/mol. The number of benzene rings is 2. The lowest BCUT2D eigenvalue weighted by Crippen LogP contribution is -2.18. The number of hydrogen-bond acceptors (Lipinski definition) is 4. The monoisotopic (exact) mass is 354 g/mol. The number of nitrogens with one attached hydrogen (secondary N) is 1. The van der Waals surface area contributed by atoms with Gasteiger partial charge in [-0.2, -0.15) is 0 Å². The molecule has 0 atom stereocenters. The molecule has 0 aliphatic carbocycles. The molecule has 1 amide bonds. The summed E-state index contributed by atoms with van der Waals surface area (Å²) >= 11 is 0. The first-order valence-electron chi connectivity index (χ1n) is 9.10. The number of carbonyl (C=O) groups is 1. The Kier molecular flexibility index (Phi) is 5.66. The fourth-order valence-corrected chi connectivity index (χ4v) is 3.24. The second kappa shape index (κ2) is 8.13. The van der Waals surface area contributed by atoms with Gasteiger partial charge in [-0.1, -0.05) is 0 Å². The van der Waals surface area contributed by atoms with Crippen molar-refractivity contribution < 1.29 is 14.3 Å². The van der Waals surface area contributed by atoms with E-state index in [4.69, 9.17) is 9.47 Å². The van der Waals surface area contributed by atoms with E-state index in [1.807, 2.05) is 19.9 Å². The van der Waals surface area contributed by atoms with Gasteiger partial charge in [-0.05, 0) is 68.7 Å². The normalized spacial score (nSPS) is 13.6. The molecule has 5 nitrogen and oxygen atoms in total. The van der Waals surface area contributed by atoms with Gasteiger partial charge < -0.3 is 19.7 Å². The molecule has 1 N–H and O–H groups in total. The number of methoxy groups -OCH3 is 1. The quantitative estimate of drug-likeness (QED) is 0.842. The molecule has 1 heterocycles. The molecule has 0 radical (unpaired) electrons. The number of nitrogens with zero attached hydrogens (tertiary/aromatic N) is 1. The van der Waals surface area contributed by atoms with Gasteiger partial charge in [0.15, 0.2) is 11.5 Å². The third kappa shape index (κ3) is 3.93. The molecule has 1 fully saturated rings. The van der Waals surface area contributed by atoms with Crippen molar-refractivity contribution in [3.05, 3.63) is 47.5 Å². The number of aryl methyl sites for hydroxylation is 1. The minimum Gasteiger partial charge on any atom is -0.493 e. The molecule has 5 heteroatoms. The molecule has 0 spiro atoms. The molecule has 2 aromatic carbocycles. The Morgan fingerprint density at radius 1 is 1.12 bits per heavy atom. The van der Waals surface area contributed by atoms with Crippen molar-refractivity contribution in [1.82, 2.24) is 0 Å². The molecule has 0 aromatic heterocycles. The average Bonchev–Trinajstić information content (AvgIpc) is 3.18. The molecule has 0 unspecified atom stereocenters. The molecule has 2 aromatic rings. The first-order valence-corrected chi connectivity index (χ1v) is 9.10. The van der Waals surface area contributed by atoms with Gasteiger partial charge >= 0.3 is 0 Å². The van der Waals surface area contributed by atoms with E-state index in [1.165, 1.54) is 18.5 Å². The molecular formula is C21H26N2O3. The Morgan fingerprint density at radius 3 is 2.54 bits per heavy atom. The summed E-state index contributed by atoms with van der Waals surface area (Å²) in [5.74, 6) is 1.03. The van der Waals surface area contributed by atoms with Crippen LogP contribution in [0.2, 0.25) is 0 Å². The van der Waals surface area contributed by atoms with Crippen LogP contribution in [-0.4, -0.2) is 32.7 Å². The van der Waals surface area contributed by atoms with Crippen LogP contribution in [0, 0.1) is 6.92 Å². The van der Waals surface area contributed by atoms with Crippen LogP contribution in [0.5, 0.6) is 11.5 Å². The highest BCUT2D eigenvalue weighted by molar-refractivity contribution is 6.05. The van der Waals surface area contributed by atoms with E-state index in [1.54, 1.807) is 25.3 Å². The van der Waals surface area contributed by atoms with Gasteiger partial charge in [0.2, 0.25) is 0 Å². The zero-order valence-electron chi connectivity index (χ0n) is 15.7. The highest BCUT2D eigenvalue weighted by Crippen LogP contribution is 2.29. The number of amides is 1. The summed E-state index contributed by atoms with van der Waals surface area (Å²) in [6.45, 7) is 6.65. The lowest BCUT2D eigenvalue weighted by molar-refractivity contribution is 0.102. The maximum absolute atomic E-state index is 12.6. The van der Waals surface area contributed by atoms with Crippen molar-refractivity contribution in [3.63, 3.8) is 0 Å². The van der Waals surface area contributed by atoms with E-state index in [2.05, 4.69) is 22.3 Å². The summed E-state index contributed by atoms with van der Waals surface area (Å²) in [5.41, 5.74) is 3.64. The summed E-state index contributed by atoms with van der Waals surface area (Å²) < 4.78 is 10.8. The highest BCUT2D eigenvalue weighted by Gasteiger charge is 2.15. The minimum atomic E-state index is -0.161. The Hall–Kier alpha value is -2.69. The third-order valence-electron chi connectivity index (χ3n) is 4.66. The van der Waals surface area contributed by atoms with Gasteiger partial charge in [-0.15, -0.1) is 0 Å². The SMILES string of the molecule is CCOc1cc(C(=O)Nc2ccc(N3CCCC3)cc2C)ccc1OC. The Bertz CT molecular complexity index is 783. The van der Waals surface area contributed by atoms with Crippen molar-refractivity contribution in [2.24, 2.45) is 0 Å². The second-order valence-corrected chi connectivity index (χ2v) is 6.45. The van der Waals surface area contributed by atoms with Gasteiger partial charge in [-0.25, -0.2) is 0 Å². The summed E-state index contributed by atoms with van der Waals surface area (Å²) in [5, 5.41) is 3.00. The predicted octanol–water partition coefficient (Wildman–Crippen LogP) is 4.25. The zero-order chi connectivity index (χ0) is 18.5. The number of hydrogen-bond donors (Lipinski definition) is 1. The summed E-state index contributed by atoms with van der Waals surface area (Å²) in [6, 6.07) is 11.4. The van der Waals surface area contributed by atoms with Gasteiger partial charge in [-0.3, -0.25) is 4.79 Å². The van der Waals surface area contributed by atoms with Crippen molar-refractivity contribution in [3.8, 4) is 11.5 Å². The van der Waals surface area contributed by atoms with Gasteiger partial charge in [0.25, 0.3) is 5.91 Å². The maximum atomic E-state index is 12.6. The Morgan fingerprint density at radius 2 is 1.88 bits per heavy atom. The van der Waals surface area contributed by atoms with Crippen molar-refractivity contribution in [2.45, 2.75) is 26.7 Å². The van der Waals surface area contributed by atoms with Crippen LogP contribution in [0.25, 0.3) is 0 Å². The van der Waals surface area contributed by atoms with Gasteiger partial charge in [0.1, 0.15) is 0 Å². The van der Waals surface area contributed by atoms with Gasteiger partial charge in [0, 0.05) is 30.0 Å². The van der Waals surface area contributed by atoms with E-state index in [0.717, 1.165) is 24.3 Å². The second-order valence-electron chi connectivity index (χ2n) is 6.45. The highest BCUT2D eigenvalue weighted by atomic mass is 16.5. The first kappa shape index (κ1) is 18.1. The van der Waals surface area contributed by atoms with E-state index in [-0.39, 0.29) is 5.91 Å². The maximum Gasteiger partial charge on any atom is 0.255 e. The molecule has 26 heavy (non-hydrogen) atoms. The van der Waals surface area contributed by atoms with Crippen LogP contribution in [-0.2, 0) is 0 Å². The lowest BCUT2D eigenvalue weighted by Gasteiger charge is -2.19. The molecule has 1 aliphatic rings. The smallest absolute Gasteiger partial charge is 0.255 e. The van der Waals surface area contributed by atoms with Crippen molar-refractivity contribution in [1.29, 1.82) is 0 Å². The van der Waals surface area contributed by atoms with Crippen molar-refractivity contribution >= 4 is 17.3 Å². The van der Waals surface area contributed by atoms with Crippen LogP contribution in [0.4, 0.5) is 11.4 Å².